The lowest BCUT2D eigenvalue weighted by atomic mass is 9.78. The van der Waals surface area contributed by atoms with Gasteiger partial charge in [-0.15, -0.1) is 0 Å². The van der Waals surface area contributed by atoms with E-state index in [-0.39, 0.29) is 11.1 Å². The van der Waals surface area contributed by atoms with E-state index < -0.39 is 36.4 Å². The van der Waals surface area contributed by atoms with Crippen LogP contribution >= 0.6 is 0 Å². The highest BCUT2D eigenvalue weighted by molar-refractivity contribution is 5.88. The van der Waals surface area contributed by atoms with Crippen LogP contribution in [0.5, 0.6) is 0 Å². The topological polar surface area (TPSA) is 157 Å². The molecule has 208 valence electrons. The van der Waals surface area contributed by atoms with Gasteiger partial charge >= 0.3 is 17.9 Å². The van der Waals surface area contributed by atoms with Crippen molar-refractivity contribution < 1.29 is 39.5 Å². The monoisotopic (exact) mass is 522 g/mol. The van der Waals surface area contributed by atoms with Gasteiger partial charge in [-0.3, -0.25) is 14.5 Å². The predicted octanol–water partition coefficient (Wildman–Crippen LogP) is 2.59. The van der Waals surface area contributed by atoms with Gasteiger partial charge < -0.3 is 30.5 Å². The molecule has 1 aromatic carbocycles. The molecule has 1 aromatic rings. The summed E-state index contributed by atoms with van der Waals surface area (Å²) in [5.74, 6) is -4.33. The fraction of sp³-hybridized carbons (Fsp3) is 0.667. The van der Waals surface area contributed by atoms with Crippen molar-refractivity contribution in [3.05, 3.63) is 35.9 Å². The number of carboxylic acid groups (broad SMARTS) is 3. The molecule has 10 nitrogen and oxygen atoms in total. The number of aliphatic carboxylic acids is 3. The van der Waals surface area contributed by atoms with Gasteiger partial charge in [0.05, 0.1) is 19.4 Å². The summed E-state index contributed by atoms with van der Waals surface area (Å²) in [5.41, 5.74) is -0.941. The maximum absolute atomic E-state index is 10.3. The second-order valence-electron chi connectivity index (χ2n) is 11.6. The summed E-state index contributed by atoms with van der Waals surface area (Å²) in [7, 11) is 0. The van der Waals surface area contributed by atoms with Crippen molar-refractivity contribution in [3.8, 4) is 0 Å². The van der Waals surface area contributed by atoms with Gasteiger partial charge in [0, 0.05) is 36.8 Å². The average Bonchev–Trinajstić information content (AvgIpc) is 3.24. The van der Waals surface area contributed by atoms with Crippen LogP contribution in [0, 0.1) is 5.92 Å². The second kappa shape index (κ2) is 12.8. The summed E-state index contributed by atoms with van der Waals surface area (Å²) < 4.78 is 5.64. The Bertz CT molecular complexity index is 880. The SMILES string of the molecule is CC1(C)CC(N(Cc2ccccc2)CC2CCOC2)CC(C)(C)N1.O=C(O)CC(O)(CC(=O)O)C(=O)O. The molecule has 1 atom stereocenters. The van der Waals surface area contributed by atoms with Crippen LogP contribution in [0.4, 0.5) is 0 Å². The smallest absolute Gasteiger partial charge is 0.336 e. The molecule has 0 bridgehead atoms. The molecular weight excluding hydrogens is 480 g/mol. The van der Waals surface area contributed by atoms with E-state index in [2.05, 4.69) is 68.2 Å². The Hall–Kier alpha value is -2.53. The minimum absolute atomic E-state index is 0.188. The van der Waals surface area contributed by atoms with Crippen molar-refractivity contribution in [3.63, 3.8) is 0 Å². The van der Waals surface area contributed by atoms with Gasteiger partial charge in [-0.25, -0.2) is 4.79 Å². The number of nitrogens with zero attached hydrogens (tertiary/aromatic N) is 1. The van der Waals surface area contributed by atoms with Gasteiger partial charge in [0.2, 0.25) is 0 Å². The van der Waals surface area contributed by atoms with E-state index in [1.54, 1.807) is 0 Å². The number of ether oxygens (including phenoxy) is 1. The van der Waals surface area contributed by atoms with Crippen molar-refractivity contribution in [2.75, 3.05) is 19.8 Å². The van der Waals surface area contributed by atoms with E-state index >= 15 is 0 Å². The largest absolute Gasteiger partial charge is 0.481 e. The maximum Gasteiger partial charge on any atom is 0.336 e. The van der Waals surface area contributed by atoms with Crippen LogP contribution in [-0.2, 0) is 25.7 Å². The van der Waals surface area contributed by atoms with Crippen molar-refractivity contribution in [1.82, 2.24) is 10.2 Å². The third-order valence-electron chi connectivity index (χ3n) is 6.72. The molecule has 2 aliphatic heterocycles. The highest BCUT2D eigenvalue weighted by Crippen LogP contribution is 2.33. The van der Waals surface area contributed by atoms with E-state index in [9.17, 15) is 14.4 Å². The molecule has 0 aromatic heterocycles. The zero-order chi connectivity index (χ0) is 27.9. The fourth-order valence-electron chi connectivity index (χ4n) is 5.46. The Morgan fingerprint density at radius 1 is 1.00 bits per heavy atom. The number of carboxylic acids is 3. The molecule has 0 spiro atoms. The predicted molar refractivity (Wildman–Crippen MR) is 137 cm³/mol. The number of carbonyl (C=O) groups is 3. The quantitative estimate of drug-likeness (QED) is 0.309. The van der Waals surface area contributed by atoms with E-state index in [1.165, 1.54) is 24.8 Å². The summed E-state index contributed by atoms with van der Waals surface area (Å²) in [6.45, 7) is 13.5. The van der Waals surface area contributed by atoms with E-state index in [0.717, 1.165) is 26.3 Å². The lowest BCUT2D eigenvalue weighted by molar-refractivity contribution is -0.170. The molecule has 0 amide bonds. The van der Waals surface area contributed by atoms with Gasteiger partial charge in [0.1, 0.15) is 0 Å². The van der Waals surface area contributed by atoms with Gasteiger partial charge in [-0.1, -0.05) is 30.3 Å². The lowest BCUT2D eigenvalue weighted by Crippen LogP contribution is -2.62. The molecule has 37 heavy (non-hydrogen) atoms. The van der Waals surface area contributed by atoms with E-state index in [4.69, 9.17) is 25.2 Å². The average molecular weight is 523 g/mol. The summed E-state index contributed by atoms with van der Waals surface area (Å²) >= 11 is 0. The molecule has 1 unspecified atom stereocenters. The number of benzene rings is 1. The lowest BCUT2D eigenvalue weighted by Gasteiger charge is -2.50. The summed E-state index contributed by atoms with van der Waals surface area (Å²) in [5, 5.41) is 37.6. The van der Waals surface area contributed by atoms with Crippen LogP contribution in [0.25, 0.3) is 0 Å². The second-order valence-corrected chi connectivity index (χ2v) is 11.6. The normalized spacial score (nSPS) is 21.2. The number of piperidine rings is 1. The summed E-state index contributed by atoms with van der Waals surface area (Å²) in [4.78, 5) is 33.2. The van der Waals surface area contributed by atoms with E-state index in [0.29, 0.717) is 12.0 Å². The number of rotatable bonds is 10. The molecule has 2 heterocycles. The highest BCUT2D eigenvalue weighted by atomic mass is 16.5. The first-order chi connectivity index (χ1) is 17.1. The molecule has 0 saturated carbocycles. The molecule has 0 aliphatic carbocycles. The van der Waals surface area contributed by atoms with Gasteiger partial charge in [-0.05, 0) is 58.4 Å². The Labute approximate surface area is 218 Å². The third-order valence-corrected chi connectivity index (χ3v) is 6.72. The first-order valence-corrected chi connectivity index (χ1v) is 12.7. The van der Waals surface area contributed by atoms with Gasteiger partial charge in [0.25, 0.3) is 0 Å². The summed E-state index contributed by atoms with van der Waals surface area (Å²) in [6.07, 6.45) is 1.33. The number of hydrogen-bond donors (Lipinski definition) is 5. The van der Waals surface area contributed by atoms with Crippen LogP contribution in [-0.4, -0.2) is 85.7 Å². The molecule has 2 saturated heterocycles. The van der Waals surface area contributed by atoms with Crippen molar-refractivity contribution in [1.29, 1.82) is 0 Å². The molecule has 5 N–H and O–H groups in total. The van der Waals surface area contributed by atoms with Gasteiger partial charge in [-0.2, -0.15) is 0 Å². The molecular formula is C27H42N2O8. The Balaban J connectivity index is 0.000000317. The van der Waals surface area contributed by atoms with Crippen LogP contribution in [0.15, 0.2) is 30.3 Å². The van der Waals surface area contributed by atoms with Crippen LogP contribution in [0.2, 0.25) is 0 Å². The Morgan fingerprint density at radius 3 is 1.97 bits per heavy atom. The highest BCUT2D eigenvalue weighted by Gasteiger charge is 2.41. The van der Waals surface area contributed by atoms with Crippen molar-refractivity contribution in [2.24, 2.45) is 5.92 Å². The molecule has 3 rings (SSSR count). The van der Waals surface area contributed by atoms with Crippen LogP contribution in [0.1, 0.15) is 65.4 Å². The number of aliphatic hydroxyl groups is 1. The molecule has 10 heteroatoms. The maximum atomic E-state index is 10.3. The first kappa shape index (κ1) is 30.7. The Kier molecular flexibility index (Phi) is 10.6. The standard InChI is InChI=1S/C21H34N2O.C6H8O7/c1-20(2)12-19(13-21(3,4)22-20)23(15-18-10-11-24-16-18)14-17-8-6-5-7-9-17;7-3(8)1-6(13,5(11)12)2-4(9)10/h5-9,18-19,22H,10-16H2,1-4H3;13H,1-2H2,(H,7,8)(H,9,10)(H,11,12). The fourth-order valence-corrected chi connectivity index (χ4v) is 5.46. The zero-order valence-corrected chi connectivity index (χ0v) is 22.3. The van der Waals surface area contributed by atoms with Crippen LogP contribution in [0.3, 0.4) is 0 Å². The molecule has 2 aliphatic rings. The zero-order valence-electron chi connectivity index (χ0n) is 22.3. The minimum Gasteiger partial charge on any atom is -0.481 e. The molecule has 2 fully saturated rings. The number of nitrogens with one attached hydrogen (secondary N) is 1. The summed E-state index contributed by atoms with van der Waals surface area (Å²) in [6, 6.07) is 11.6. The van der Waals surface area contributed by atoms with Gasteiger partial charge in [0.15, 0.2) is 5.60 Å². The van der Waals surface area contributed by atoms with E-state index in [1.807, 2.05) is 0 Å². The minimum atomic E-state index is -2.74. The Morgan fingerprint density at radius 2 is 1.54 bits per heavy atom. The third kappa shape index (κ3) is 10.4. The first-order valence-electron chi connectivity index (χ1n) is 12.7. The number of hydrogen-bond acceptors (Lipinski definition) is 7. The van der Waals surface area contributed by atoms with Crippen LogP contribution < -0.4 is 5.32 Å². The van der Waals surface area contributed by atoms with Crippen molar-refractivity contribution >= 4 is 17.9 Å². The molecule has 0 radical (unpaired) electrons. The van der Waals surface area contributed by atoms with Crippen molar-refractivity contribution in [2.45, 2.75) is 89.1 Å².